The van der Waals surface area contributed by atoms with Crippen LogP contribution in [-0.2, 0) is 9.84 Å². The van der Waals surface area contributed by atoms with Crippen molar-refractivity contribution in [3.8, 4) is 0 Å². The van der Waals surface area contributed by atoms with E-state index in [-0.39, 0.29) is 5.75 Å². The van der Waals surface area contributed by atoms with Crippen LogP contribution in [-0.4, -0.2) is 46.3 Å². The number of hydrogen-bond acceptors (Lipinski definition) is 4. The van der Waals surface area contributed by atoms with E-state index in [0.29, 0.717) is 11.3 Å². The van der Waals surface area contributed by atoms with Gasteiger partial charge in [0.05, 0.1) is 10.6 Å². The molecule has 0 saturated heterocycles. The number of nitrogens with one attached hydrogen (secondary N) is 1. The first-order valence-corrected chi connectivity index (χ1v) is 7.82. The highest BCUT2D eigenvalue weighted by Crippen LogP contribution is 2.15. The molecule has 0 aliphatic carbocycles. The number of nitrogens with zero attached hydrogens (tertiary/aromatic N) is 1. The van der Waals surface area contributed by atoms with E-state index in [4.69, 9.17) is 0 Å². The van der Waals surface area contributed by atoms with E-state index in [1.54, 1.807) is 12.1 Å². The Morgan fingerprint density at radius 2 is 1.78 bits per heavy atom. The van der Waals surface area contributed by atoms with Crippen molar-refractivity contribution < 1.29 is 8.42 Å². The predicted octanol–water partition coefficient (Wildman–Crippen LogP) is 1.84. The molecule has 18 heavy (non-hydrogen) atoms. The Hall–Kier alpha value is -1.07. The minimum absolute atomic E-state index is 0.209. The lowest BCUT2D eigenvalue weighted by molar-refractivity contribution is 0.425. The second-order valence-corrected chi connectivity index (χ2v) is 6.68. The number of rotatable bonds is 7. The van der Waals surface area contributed by atoms with Gasteiger partial charge in [0.15, 0.2) is 9.84 Å². The summed E-state index contributed by atoms with van der Waals surface area (Å²) in [6, 6.07) is 6.97. The van der Waals surface area contributed by atoms with Gasteiger partial charge in [-0.1, -0.05) is 6.92 Å². The minimum atomic E-state index is -3.10. The van der Waals surface area contributed by atoms with Crippen molar-refractivity contribution in [2.75, 3.05) is 38.3 Å². The smallest absolute Gasteiger partial charge is 0.178 e. The molecule has 1 N–H and O–H groups in total. The van der Waals surface area contributed by atoms with Gasteiger partial charge in [0, 0.05) is 18.8 Å². The van der Waals surface area contributed by atoms with Crippen LogP contribution in [0.4, 0.5) is 5.69 Å². The van der Waals surface area contributed by atoms with Gasteiger partial charge in [-0.25, -0.2) is 8.42 Å². The van der Waals surface area contributed by atoms with Crippen LogP contribution in [0.1, 0.15) is 13.3 Å². The van der Waals surface area contributed by atoms with Crippen LogP contribution >= 0.6 is 0 Å². The molecule has 5 heteroatoms. The molecule has 0 bridgehead atoms. The van der Waals surface area contributed by atoms with E-state index in [0.717, 1.165) is 18.8 Å². The standard InChI is InChI=1S/C13H22N2O2S/c1-4-11-18(16,17)13-7-5-12(6-8-13)14-9-10-15(2)3/h5-8,14H,4,9-11H2,1-3H3. The highest BCUT2D eigenvalue weighted by molar-refractivity contribution is 7.91. The quantitative estimate of drug-likeness (QED) is 0.821. The van der Waals surface area contributed by atoms with Crippen molar-refractivity contribution in [3.05, 3.63) is 24.3 Å². The Labute approximate surface area is 110 Å². The summed E-state index contributed by atoms with van der Waals surface area (Å²) >= 11 is 0. The summed E-state index contributed by atoms with van der Waals surface area (Å²) in [6.45, 7) is 3.65. The van der Waals surface area contributed by atoms with E-state index in [9.17, 15) is 8.42 Å². The third-order valence-corrected chi connectivity index (χ3v) is 4.51. The van der Waals surface area contributed by atoms with Crippen molar-refractivity contribution >= 4 is 15.5 Å². The normalized spacial score (nSPS) is 11.8. The predicted molar refractivity (Wildman–Crippen MR) is 75.8 cm³/mol. The second kappa shape index (κ2) is 6.75. The molecular formula is C13H22N2O2S. The van der Waals surface area contributed by atoms with Gasteiger partial charge < -0.3 is 10.2 Å². The lowest BCUT2D eigenvalue weighted by atomic mass is 10.3. The molecule has 0 heterocycles. The minimum Gasteiger partial charge on any atom is -0.384 e. The van der Waals surface area contributed by atoms with Gasteiger partial charge in [-0.3, -0.25) is 0 Å². The molecule has 0 amide bonds. The van der Waals surface area contributed by atoms with Crippen LogP contribution in [0.3, 0.4) is 0 Å². The fourth-order valence-corrected chi connectivity index (χ4v) is 2.91. The maximum atomic E-state index is 11.8. The lowest BCUT2D eigenvalue weighted by Crippen LogP contribution is -2.20. The van der Waals surface area contributed by atoms with E-state index < -0.39 is 9.84 Å². The third-order valence-electron chi connectivity index (χ3n) is 2.57. The van der Waals surface area contributed by atoms with Gasteiger partial charge in [-0.2, -0.15) is 0 Å². The Balaban J connectivity index is 2.63. The molecule has 0 spiro atoms. The first kappa shape index (κ1) is 15.0. The molecule has 102 valence electrons. The molecule has 0 radical (unpaired) electrons. The molecule has 4 nitrogen and oxygen atoms in total. The lowest BCUT2D eigenvalue weighted by Gasteiger charge is -2.11. The van der Waals surface area contributed by atoms with Crippen LogP contribution < -0.4 is 5.32 Å². The number of likely N-dealkylation sites (N-methyl/N-ethyl adjacent to an activating group) is 1. The van der Waals surface area contributed by atoms with Crippen molar-refractivity contribution in [3.63, 3.8) is 0 Å². The Bertz CT molecular complexity index is 452. The molecule has 0 saturated carbocycles. The van der Waals surface area contributed by atoms with Crippen molar-refractivity contribution in [1.29, 1.82) is 0 Å². The highest BCUT2D eigenvalue weighted by atomic mass is 32.2. The zero-order valence-electron chi connectivity index (χ0n) is 11.3. The largest absolute Gasteiger partial charge is 0.384 e. The molecule has 0 aromatic heterocycles. The summed E-state index contributed by atoms with van der Waals surface area (Å²) in [7, 11) is 0.935. The van der Waals surface area contributed by atoms with Gasteiger partial charge >= 0.3 is 0 Å². The van der Waals surface area contributed by atoms with Crippen LogP contribution in [0.2, 0.25) is 0 Å². The average molecular weight is 270 g/mol. The van der Waals surface area contributed by atoms with Gasteiger partial charge in [-0.05, 0) is 44.8 Å². The zero-order chi connectivity index (χ0) is 13.6. The van der Waals surface area contributed by atoms with E-state index in [2.05, 4.69) is 10.2 Å². The number of sulfone groups is 1. The van der Waals surface area contributed by atoms with Crippen LogP contribution in [0.25, 0.3) is 0 Å². The van der Waals surface area contributed by atoms with Crippen LogP contribution in [0.5, 0.6) is 0 Å². The number of anilines is 1. The van der Waals surface area contributed by atoms with Crippen molar-refractivity contribution in [2.45, 2.75) is 18.2 Å². The molecule has 0 unspecified atom stereocenters. The topological polar surface area (TPSA) is 49.4 Å². The summed E-state index contributed by atoms with van der Waals surface area (Å²) < 4.78 is 23.6. The Morgan fingerprint density at radius 1 is 1.17 bits per heavy atom. The van der Waals surface area contributed by atoms with Crippen molar-refractivity contribution in [2.24, 2.45) is 0 Å². The molecule has 1 aromatic rings. The van der Waals surface area contributed by atoms with E-state index in [1.165, 1.54) is 0 Å². The fourth-order valence-electron chi connectivity index (χ4n) is 1.59. The van der Waals surface area contributed by atoms with Gasteiger partial charge in [-0.15, -0.1) is 0 Å². The number of benzene rings is 1. The molecule has 1 rings (SSSR count). The van der Waals surface area contributed by atoms with Crippen LogP contribution in [0, 0.1) is 0 Å². The summed E-state index contributed by atoms with van der Waals surface area (Å²) in [5, 5.41) is 3.25. The zero-order valence-corrected chi connectivity index (χ0v) is 12.1. The maximum Gasteiger partial charge on any atom is 0.178 e. The van der Waals surface area contributed by atoms with Gasteiger partial charge in [0.2, 0.25) is 0 Å². The monoisotopic (exact) mass is 270 g/mol. The third kappa shape index (κ3) is 4.66. The maximum absolute atomic E-state index is 11.8. The average Bonchev–Trinajstić information content (AvgIpc) is 2.29. The summed E-state index contributed by atoms with van der Waals surface area (Å²) in [4.78, 5) is 2.50. The first-order chi connectivity index (χ1) is 8.45. The fraction of sp³-hybridized carbons (Fsp3) is 0.538. The second-order valence-electron chi connectivity index (χ2n) is 4.57. The van der Waals surface area contributed by atoms with Crippen LogP contribution in [0.15, 0.2) is 29.2 Å². The Kier molecular flexibility index (Phi) is 5.62. The first-order valence-electron chi connectivity index (χ1n) is 6.17. The number of hydrogen-bond donors (Lipinski definition) is 1. The van der Waals surface area contributed by atoms with Gasteiger partial charge in [0.25, 0.3) is 0 Å². The van der Waals surface area contributed by atoms with Gasteiger partial charge in [0.1, 0.15) is 0 Å². The summed E-state index contributed by atoms with van der Waals surface area (Å²) in [5.41, 5.74) is 0.951. The molecule has 1 aromatic carbocycles. The highest BCUT2D eigenvalue weighted by Gasteiger charge is 2.12. The van der Waals surface area contributed by atoms with E-state index >= 15 is 0 Å². The van der Waals surface area contributed by atoms with E-state index in [1.807, 2.05) is 33.2 Å². The SMILES string of the molecule is CCCS(=O)(=O)c1ccc(NCCN(C)C)cc1. The Morgan fingerprint density at radius 3 is 2.28 bits per heavy atom. The molecule has 0 aliphatic heterocycles. The molecule has 0 atom stereocenters. The summed E-state index contributed by atoms with van der Waals surface area (Å²) in [5.74, 6) is 0.209. The summed E-state index contributed by atoms with van der Waals surface area (Å²) in [6.07, 6.45) is 0.644. The molecule has 0 fully saturated rings. The molecular weight excluding hydrogens is 248 g/mol. The molecule has 0 aliphatic rings. The van der Waals surface area contributed by atoms with Crippen molar-refractivity contribution in [1.82, 2.24) is 4.90 Å².